The molecule has 0 fully saturated rings. The summed E-state index contributed by atoms with van der Waals surface area (Å²) in [5, 5.41) is 0. The van der Waals surface area contributed by atoms with Crippen LogP contribution in [-0.4, -0.2) is 24.9 Å². The summed E-state index contributed by atoms with van der Waals surface area (Å²) in [6.07, 6.45) is -0.260. The molecule has 5 heteroatoms. The van der Waals surface area contributed by atoms with Crippen LogP contribution in [0.3, 0.4) is 0 Å². The minimum Gasteiger partial charge on any atom is -0.461 e. The van der Waals surface area contributed by atoms with Gasteiger partial charge in [-0.25, -0.2) is 0 Å². The zero-order valence-corrected chi connectivity index (χ0v) is 13.0. The van der Waals surface area contributed by atoms with Crippen LogP contribution in [0.25, 0.3) is 0 Å². The molecular weight excluding hydrogens is 270 g/mol. The average molecular weight is 293 g/mol. The number of ether oxygens (including phenoxy) is 3. The number of esters is 1. The Labute approximate surface area is 125 Å². The second-order valence-corrected chi connectivity index (χ2v) is 5.81. The van der Waals surface area contributed by atoms with Crippen molar-refractivity contribution >= 4 is 5.97 Å². The van der Waals surface area contributed by atoms with Gasteiger partial charge in [-0.1, -0.05) is 19.9 Å². The maximum atomic E-state index is 11.7. The van der Waals surface area contributed by atoms with Crippen molar-refractivity contribution in [3.05, 3.63) is 23.8 Å². The van der Waals surface area contributed by atoms with Gasteiger partial charge in [-0.15, -0.1) is 0 Å². The first kappa shape index (κ1) is 15.6. The first-order valence-corrected chi connectivity index (χ1v) is 7.25. The number of carbonyl (C=O) groups is 1. The van der Waals surface area contributed by atoms with Gasteiger partial charge in [0.2, 0.25) is 6.79 Å². The molecule has 0 radical (unpaired) electrons. The van der Waals surface area contributed by atoms with Gasteiger partial charge in [0.25, 0.3) is 0 Å². The molecule has 1 aliphatic rings. The van der Waals surface area contributed by atoms with Crippen LogP contribution in [0.1, 0.15) is 39.2 Å². The SMILES string of the molecule is CC(C)[C@@H](c1ccc2c(c1)OCO2)[C@H](C)OC(=O)[C@H](C)N. The molecule has 0 amide bonds. The van der Waals surface area contributed by atoms with Gasteiger partial charge < -0.3 is 19.9 Å². The van der Waals surface area contributed by atoms with E-state index in [1.807, 2.05) is 25.1 Å². The summed E-state index contributed by atoms with van der Waals surface area (Å²) in [6, 6.07) is 5.24. The second kappa shape index (κ2) is 6.35. The molecule has 0 saturated carbocycles. The molecule has 1 aromatic carbocycles. The summed E-state index contributed by atoms with van der Waals surface area (Å²) in [4.78, 5) is 11.7. The van der Waals surface area contributed by atoms with E-state index in [1.54, 1.807) is 6.92 Å². The molecule has 1 aromatic rings. The summed E-state index contributed by atoms with van der Waals surface area (Å²) in [6.45, 7) is 7.98. The molecule has 0 unspecified atom stereocenters. The molecule has 116 valence electrons. The first-order valence-electron chi connectivity index (χ1n) is 7.25. The number of fused-ring (bicyclic) bond motifs is 1. The van der Waals surface area contributed by atoms with Crippen molar-refractivity contribution in [1.29, 1.82) is 0 Å². The molecule has 0 saturated heterocycles. The molecule has 0 bridgehead atoms. The Balaban J connectivity index is 2.20. The molecule has 0 aliphatic carbocycles. The third kappa shape index (κ3) is 3.47. The van der Waals surface area contributed by atoms with Gasteiger partial charge in [-0.05, 0) is 37.5 Å². The lowest BCUT2D eigenvalue weighted by molar-refractivity contribution is -0.151. The summed E-state index contributed by atoms with van der Waals surface area (Å²) in [5.41, 5.74) is 6.63. The molecule has 5 nitrogen and oxygen atoms in total. The zero-order chi connectivity index (χ0) is 15.6. The number of hydrogen-bond donors (Lipinski definition) is 1. The molecular formula is C16H23NO4. The van der Waals surface area contributed by atoms with Crippen molar-refractivity contribution in [3.63, 3.8) is 0 Å². The lowest BCUT2D eigenvalue weighted by atomic mass is 9.84. The van der Waals surface area contributed by atoms with Crippen LogP contribution in [0.4, 0.5) is 0 Å². The van der Waals surface area contributed by atoms with Crippen LogP contribution in [0.5, 0.6) is 11.5 Å². The molecule has 2 rings (SSSR count). The second-order valence-electron chi connectivity index (χ2n) is 5.81. The number of hydrogen-bond acceptors (Lipinski definition) is 5. The monoisotopic (exact) mass is 293 g/mol. The van der Waals surface area contributed by atoms with E-state index in [1.165, 1.54) is 0 Å². The van der Waals surface area contributed by atoms with Crippen molar-refractivity contribution in [2.24, 2.45) is 11.7 Å². The van der Waals surface area contributed by atoms with Crippen molar-refractivity contribution in [3.8, 4) is 11.5 Å². The van der Waals surface area contributed by atoms with Gasteiger partial charge in [0.15, 0.2) is 11.5 Å². The highest BCUT2D eigenvalue weighted by atomic mass is 16.7. The number of benzene rings is 1. The fourth-order valence-electron chi connectivity index (χ4n) is 2.68. The van der Waals surface area contributed by atoms with Crippen molar-refractivity contribution in [1.82, 2.24) is 0 Å². The van der Waals surface area contributed by atoms with Gasteiger partial charge in [-0.3, -0.25) is 4.79 Å². The molecule has 0 aromatic heterocycles. The number of rotatable bonds is 5. The van der Waals surface area contributed by atoms with E-state index in [9.17, 15) is 4.79 Å². The predicted molar refractivity (Wildman–Crippen MR) is 79.3 cm³/mol. The highest BCUT2D eigenvalue weighted by Crippen LogP contribution is 2.38. The van der Waals surface area contributed by atoms with E-state index in [0.29, 0.717) is 5.92 Å². The van der Waals surface area contributed by atoms with E-state index >= 15 is 0 Å². The Hall–Kier alpha value is -1.75. The number of carbonyl (C=O) groups excluding carboxylic acids is 1. The van der Waals surface area contributed by atoms with E-state index in [4.69, 9.17) is 19.9 Å². The highest BCUT2D eigenvalue weighted by Gasteiger charge is 2.28. The largest absolute Gasteiger partial charge is 0.461 e. The fourth-order valence-corrected chi connectivity index (χ4v) is 2.68. The van der Waals surface area contributed by atoms with E-state index < -0.39 is 6.04 Å². The highest BCUT2D eigenvalue weighted by molar-refractivity contribution is 5.75. The first-order chi connectivity index (χ1) is 9.90. The molecule has 3 atom stereocenters. The third-order valence-electron chi connectivity index (χ3n) is 3.68. The summed E-state index contributed by atoms with van der Waals surface area (Å²) in [7, 11) is 0. The normalized spacial score (nSPS) is 17.4. The van der Waals surface area contributed by atoms with Gasteiger partial charge in [0, 0.05) is 5.92 Å². The van der Waals surface area contributed by atoms with Gasteiger partial charge in [0.1, 0.15) is 12.1 Å². The zero-order valence-electron chi connectivity index (χ0n) is 13.0. The lowest BCUT2D eigenvalue weighted by Gasteiger charge is -2.28. The molecule has 2 N–H and O–H groups in total. The third-order valence-corrected chi connectivity index (χ3v) is 3.68. The Morgan fingerprint density at radius 1 is 1.19 bits per heavy atom. The van der Waals surface area contributed by atoms with Crippen LogP contribution >= 0.6 is 0 Å². The maximum Gasteiger partial charge on any atom is 0.322 e. The Morgan fingerprint density at radius 2 is 1.86 bits per heavy atom. The van der Waals surface area contributed by atoms with Gasteiger partial charge in [0.05, 0.1) is 0 Å². The molecule has 1 heterocycles. The quantitative estimate of drug-likeness (QED) is 0.844. The van der Waals surface area contributed by atoms with E-state index in [-0.39, 0.29) is 24.8 Å². The van der Waals surface area contributed by atoms with Crippen LogP contribution in [-0.2, 0) is 9.53 Å². The molecule has 0 spiro atoms. The Kier molecular flexibility index (Phi) is 4.73. The predicted octanol–water partition coefficient (Wildman–Crippen LogP) is 2.43. The van der Waals surface area contributed by atoms with E-state index in [0.717, 1.165) is 17.1 Å². The van der Waals surface area contributed by atoms with Gasteiger partial charge >= 0.3 is 5.97 Å². The Bertz CT molecular complexity index is 513. The fraction of sp³-hybridized carbons (Fsp3) is 0.562. The van der Waals surface area contributed by atoms with Crippen LogP contribution in [0, 0.1) is 5.92 Å². The number of nitrogens with two attached hydrogens (primary N) is 1. The molecule has 1 aliphatic heterocycles. The van der Waals surface area contributed by atoms with E-state index in [2.05, 4.69) is 13.8 Å². The minimum atomic E-state index is -0.614. The summed E-state index contributed by atoms with van der Waals surface area (Å²) >= 11 is 0. The average Bonchev–Trinajstić information content (AvgIpc) is 2.85. The smallest absolute Gasteiger partial charge is 0.322 e. The summed E-state index contributed by atoms with van der Waals surface area (Å²) in [5.74, 6) is 1.49. The maximum absolute atomic E-state index is 11.7. The Morgan fingerprint density at radius 3 is 2.48 bits per heavy atom. The van der Waals surface area contributed by atoms with Crippen molar-refractivity contribution in [2.75, 3.05) is 6.79 Å². The van der Waals surface area contributed by atoms with Gasteiger partial charge in [-0.2, -0.15) is 0 Å². The van der Waals surface area contributed by atoms with Crippen LogP contribution < -0.4 is 15.2 Å². The minimum absolute atomic E-state index is 0.0715. The van der Waals surface area contributed by atoms with Crippen molar-refractivity contribution < 1.29 is 19.0 Å². The lowest BCUT2D eigenvalue weighted by Crippen LogP contribution is -2.34. The summed E-state index contributed by atoms with van der Waals surface area (Å²) < 4.78 is 16.2. The van der Waals surface area contributed by atoms with Crippen LogP contribution in [0.15, 0.2) is 18.2 Å². The topological polar surface area (TPSA) is 70.8 Å². The standard InChI is InChI=1S/C16H23NO4/c1-9(2)15(11(4)21-16(18)10(3)17)12-5-6-13-14(7-12)20-8-19-13/h5-7,9-11,15H,8,17H2,1-4H3/t10-,11-,15+/m0/s1. The van der Waals surface area contributed by atoms with Crippen LogP contribution in [0.2, 0.25) is 0 Å². The molecule has 21 heavy (non-hydrogen) atoms. The van der Waals surface area contributed by atoms with Crippen molar-refractivity contribution in [2.45, 2.75) is 45.8 Å².